The molecule has 0 aliphatic rings. The Hall–Kier alpha value is -2.44. The van der Waals surface area contributed by atoms with Gasteiger partial charge in [-0.15, -0.1) is 17.5 Å². The summed E-state index contributed by atoms with van der Waals surface area (Å²) < 4.78 is 2.84. The van der Waals surface area contributed by atoms with Crippen LogP contribution in [0.15, 0.2) is 9.59 Å². The molecule has 2 rings (SSSR count). The second-order valence-corrected chi connectivity index (χ2v) is 4.14. The van der Waals surface area contributed by atoms with E-state index in [9.17, 15) is 9.59 Å². The summed E-state index contributed by atoms with van der Waals surface area (Å²) in [5.41, 5.74) is -0.484. The van der Waals surface area contributed by atoms with Gasteiger partial charge in [-0.2, -0.15) is 0 Å². The van der Waals surface area contributed by atoms with E-state index in [0.29, 0.717) is 5.82 Å². The summed E-state index contributed by atoms with van der Waals surface area (Å²) in [6, 6.07) is 0. The molecular formula is C13H11ClN4O2. The van der Waals surface area contributed by atoms with Crippen LogP contribution in [0.4, 0.5) is 0 Å². The normalized spacial score (nSPS) is 9.75. The number of aromatic nitrogens is 4. The summed E-state index contributed by atoms with van der Waals surface area (Å²) >= 11 is 5.53. The fourth-order valence-electron chi connectivity index (χ4n) is 1.75. The molecule has 102 valence electrons. The number of H-pyrrole nitrogens is 1. The van der Waals surface area contributed by atoms with E-state index in [0.717, 1.165) is 0 Å². The molecular weight excluding hydrogens is 280 g/mol. The number of fused-ring (bicyclic) bond motifs is 1. The van der Waals surface area contributed by atoms with E-state index in [2.05, 4.69) is 33.6 Å². The van der Waals surface area contributed by atoms with Gasteiger partial charge >= 0.3 is 5.69 Å². The van der Waals surface area contributed by atoms with E-state index in [-0.39, 0.29) is 23.6 Å². The van der Waals surface area contributed by atoms with Crippen molar-refractivity contribution in [3.63, 3.8) is 0 Å². The van der Waals surface area contributed by atoms with Gasteiger partial charge in [0.1, 0.15) is 0 Å². The maximum atomic E-state index is 12.0. The molecule has 7 heteroatoms. The van der Waals surface area contributed by atoms with Crippen LogP contribution in [0.5, 0.6) is 0 Å². The van der Waals surface area contributed by atoms with Gasteiger partial charge in [0, 0.05) is 7.05 Å². The topological polar surface area (TPSA) is 72.7 Å². The van der Waals surface area contributed by atoms with E-state index < -0.39 is 11.2 Å². The molecule has 0 spiro atoms. The van der Waals surface area contributed by atoms with Crippen molar-refractivity contribution in [2.75, 3.05) is 5.88 Å². The number of hydrogen-bond donors (Lipinski definition) is 1. The molecule has 0 unspecified atom stereocenters. The van der Waals surface area contributed by atoms with Crippen molar-refractivity contribution in [1.29, 1.82) is 0 Å². The average Bonchev–Trinajstić information content (AvgIpc) is 2.79. The van der Waals surface area contributed by atoms with Gasteiger partial charge in [0.05, 0.1) is 12.4 Å². The maximum Gasteiger partial charge on any atom is 0.329 e. The van der Waals surface area contributed by atoms with E-state index in [4.69, 9.17) is 11.6 Å². The summed E-state index contributed by atoms with van der Waals surface area (Å²) in [6.07, 6.45) is 0. The van der Waals surface area contributed by atoms with Crippen LogP contribution in [-0.4, -0.2) is 25.0 Å². The minimum Gasteiger partial charge on any atom is -0.300 e. The average molecular weight is 291 g/mol. The molecule has 0 aromatic carbocycles. The largest absolute Gasteiger partial charge is 0.329 e. The first-order valence-electron chi connectivity index (χ1n) is 5.74. The van der Waals surface area contributed by atoms with Gasteiger partial charge in [-0.25, -0.2) is 9.78 Å². The number of halogens is 1. The fraction of sp³-hybridized carbons (Fsp3) is 0.308. The van der Waals surface area contributed by atoms with Crippen LogP contribution in [0.2, 0.25) is 0 Å². The Balaban J connectivity index is 2.88. The molecule has 2 heterocycles. The van der Waals surface area contributed by atoms with Gasteiger partial charge in [-0.3, -0.25) is 18.9 Å². The first kappa shape index (κ1) is 14.0. The molecule has 6 nitrogen and oxygen atoms in total. The molecule has 0 aliphatic carbocycles. The molecule has 0 fully saturated rings. The number of rotatable bonds is 1. The van der Waals surface area contributed by atoms with Gasteiger partial charge in [-0.05, 0) is 12.8 Å². The van der Waals surface area contributed by atoms with Crippen LogP contribution >= 0.6 is 11.6 Å². The van der Waals surface area contributed by atoms with Gasteiger partial charge in [0.2, 0.25) is 0 Å². The van der Waals surface area contributed by atoms with Crippen LogP contribution in [0.1, 0.15) is 12.7 Å². The smallest absolute Gasteiger partial charge is 0.300 e. The Labute approximate surface area is 119 Å². The fourth-order valence-corrected chi connectivity index (χ4v) is 1.82. The van der Waals surface area contributed by atoms with Crippen molar-refractivity contribution >= 4 is 22.8 Å². The van der Waals surface area contributed by atoms with Crippen molar-refractivity contribution in [2.24, 2.45) is 7.05 Å². The van der Waals surface area contributed by atoms with E-state index in [1.807, 2.05) is 0 Å². The SMILES string of the molecule is CC#CCn1c(C#CCCl)nc2c1c(=O)[nH]c(=O)n2C. The summed E-state index contributed by atoms with van der Waals surface area (Å²) in [6.45, 7) is 1.96. The predicted octanol–water partition coefficient (Wildman–Crippen LogP) is 0.0369. The highest BCUT2D eigenvalue weighted by Crippen LogP contribution is 2.09. The predicted molar refractivity (Wildman–Crippen MR) is 76.6 cm³/mol. The van der Waals surface area contributed by atoms with Crippen molar-refractivity contribution < 1.29 is 0 Å². The molecule has 0 atom stereocenters. The highest BCUT2D eigenvalue weighted by atomic mass is 35.5. The number of aromatic amines is 1. The highest BCUT2D eigenvalue weighted by Gasteiger charge is 2.15. The van der Waals surface area contributed by atoms with Crippen molar-refractivity contribution in [3.8, 4) is 23.7 Å². The van der Waals surface area contributed by atoms with Crippen LogP contribution in [-0.2, 0) is 13.6 Å². The molecule has 0 saturated heterocycles. The lowest BCUT2D eigenvalue weighted by molar-refractivity contribution is 0.821. The van der Waals surface area contributed by atoms with Gasteiger partial charge in [0.25, 0.3) is 5.56 Å². The van der Waals surface area contributed by atoms with Gasteiger partial charge in [0.15, 0.2) is 17.0 Å². The number of nitrogens with zero attached hydrogens (tertiary/aromatic N) is 3. The van der Waals surface area contributed by atoms with Gasteiger partial charge in [-0.1, -0.05) is 11.8 Å². The van der Waals surface area contributed by atoms with E-state index in [1.165, 1.54) is 11.6 Å². The van der Waals surface area contributed by atoms with E-state index in [1.54, 1.807) is 11.5 Å². The first-order chi connectivity index (χ1) is 9.60. The zero-order chi connectivity index (χ0) is 14.7. The third-order valence-electron chi connectivity index (χ3n) is 2.69. The number of nitrogens with one attached hydrogen (secondary N) is 1. The Kier molecular flexibility index (Phi) is 3.97. The van der Waals surface area contributed by atoms with Gasteiger partial charge < -0.3 is 0 Å². The number of alkyl halides is 1. The Bertz CT molecular complexity index is 896. The monoisotopic (exact) mass is 290 g/mol. The lowest BCUT2D eigenvalue weighted by Gasteiger charge is -2.00. The standard InChI is InChI=1S/C13H11ClN4O2/c1-3-4-8-18-9(6-5-7-14)15-11-10(18)12(19)16-13(20)17(11)2/h7-8H2,1-2H3,(H,16,19,20). The molecule has 0 saturated carbocycles. The van der Waals surface area contributed by atoms with Crippen LogP contribution in [0.3, 0.4) is 0 Å². The Morgan fingerprint density at radius 1 is 1.35 bits per heavy atom. The molecule has 1 N–H and O–H groups in total. The third-order valence-corrected chi connectivity index (χ3v) is 2.82. The minimum atomic E-state index is -0.523. The summed E-state index contributed by atoms with van der Waals surface area (Å²) in [5, 5.41) is 0. The minimum absolute atomic E-state index is 0.151. The van der Waals surface area contributed by atoms with Crippen LogP contribution in [0.25, 0.3) is 11.2 Å². The quantitative estimate of drug-likeness (QED) is 0.595. The number of imidazole rings is 1. The van der Waals surface area contributed by atoms with E-state index >= 15 is 0 Å². The lowest BCUT2D eigenvalue weighted by atomic mass is 10.4. The molecule has 20 heavy (non-hydrogen) atoms. The van der Waals surface area contributed by atoms with Crippen LogP contribution < -0.4 is 11.2 Å². The third kappa shape index (κ3) is 2.34. The van der Waals surface area contributed by atoms with Crippen LogP contribution in [0, 0.1) is 23.7 Å². The molecule has 0 amide bonds. The Morgan fingerprint density at radius 2 is 2.10 bits per heavy atom. The summed E-state index contributed by atoms with van der Waals surface area (Å²) in [4.78, 5) is 30.0. The second-order valence-electron chi connectivity index (χ2n) is 3.87. The van der Waals surface area contributed by atoms with Crippen molar-refractivity contribution in [1.82, 2.24) is 19.1 Å². The lowest BCUT2D eigenvalue weighted by Crippen LogP contribution is -2.29. The number of aryl methyl sites for hydroxylation is 1. The summed E-state index contributed by atoms with van der Waals surface area (Å²) in [5.74, 6) is 11.6. The maximum absolute atomic E-state index is 12.0. The second kappa shape index (κ2) is 5.68. The zero-order valence-corrected chi connectivity index (χ0v) is 11.7. The zero-order valence-electron chi connectivity index (χ0n) is 11.0. The molecule has 0 aliphatic heterocycles. The first-order valence-corrected chi connectivity index (χ1v) is 6.27. The van der Waals surface area contributed by atoms with Crippen molar-refractivity contribution in [3.05, 3.63) is 26.7 Å². The Morgan fingerprint density at radius 3 is 2.75 bits per heavy atom. The summed E-state index contributed by atoms with van der Waals surface area (Å²) in [7, 11) is 1.53. The van der Waals surface area contributed by atoms with Crippen molar-refractivity contribution in [2.45, 2.75) is 13.5 Å². The molecule has 2 aromatic heterocycles. The highest BCUT2D eigenvalue weighted by molar-refractivity contribution is 6.19. The molecule has 2 aromatic rings. The number of hydrogen-bond acceptors (Lipinski definition) is 3. The molecule has 0 bridgehead atoms. The molecule has 0 radical (unpaired) electrons.